The molecule has 1 fully saturated rings. The maximum atomic E-state index is 13.1. The van der Waals surface area contributed by atoms with Gasteiger partial charge >= 0.3 is 0 Å². The van der Waals surface area contributed by atoms with E-state index >= 15 is 0 Å². The Morgan fingerprint density at radius 1 is 1.06 bits per heavy atom. The maximum Gasteiger partial charge on any atom is 0.300 e. The van der Waals surface area contributed by atoms with Crippen LogP contribution in [-0.4, -0.2) is 23.4 Å². The monoisotopic (exact) mass is 447 g/mol. The van der Waals surface area contributed by atoms with Crippen molar-refractivity contribution in [2.75, 3.05) is 11.5 Å². The number of hydrogen-bond acceptors (Lipinski definition) is 5. The van der Waals surface area contributed by atoms with Gasteiger partial charge in [-0.05, 0) is 66.2 Å². The number of benzene rings is 2. The van der Waals surface area contributed by atoms with Crippen LogP contribution in [0.5, 0.6) is 5.75 Å². The molecule has 2 aromatic carbocycles. The lowest BCUT2D eigenvalue weighted by Crippen LogP contribution is -2.29. The third-order valence-corrected chi connectivity index (χ3v) is 6.41. The van der Waals surface area contributed by atoms with Crippen LogP contribution in [0, 0.1) is 12.8 Å². The molecule has 4 rings (SSSR count). The number of thiophene rings is 1. The van der Waals surface area contributed by atoms with E-state index in [4.69, 9.17) is 4.74 Å². The van der Waals surface area contributed by atoms with Gasteiger partial charge < -0.3 is 9.84 Å². The Morgan fingerprint density at radius 2 is 1.75 bits per heavy atom. The van der Waals surface area contributed by atoms with Crippen LogP contribution in [0.3, 0.4) is 0 Å². The molecule has 0 radical (unpaired) electrons. The van der Waals surface area contributed by atoms with Gasteiger partial charge in [-0.1, -0.05) is 32.0 Å². The molecule has 0 spiro atoms. The lowest BCUT2D eigenvalue weighted by Gasteiger charge is -2.25. The second-order valence-corrected chi connectivity index (χ2v) is 9.15. The number of ether oxygens (including phenoxy) is 1. The third-order valence-electron chi connectivity index (χ3n) is 5.34. The summed E-state index contributed by atoms with van der Waals surface area (Å²) in [5, 5.41) is 13.1. The second kappa shape index (κ2) is 9.01. The van der Waals surface area contributed by atoms with Crippen LogP contribution < -0.4 is 9.64 Å². The van der Waals surface area contributed by atoms with Gasteiger partial charge in [-0.25, -0.2) is 0 Å². The van der Waals surface area contributed by atoms with Gasteiger partial charge in [-0.15, -0.1) is 11.3 Å². The van der Waals surface area contributed by atoms with Gasteiger partial charge in [-0.3, -0.25) is 14.5 Å². The van der Waals surface area contributed by atoms with Gasteiger partial charge in [0.05, 0.1) is 12.2 Å². The molecule has 1 amide bonds. The minimum atomic E-state index is -0.690. The molecule has 1 aliphatic heterocycles. The minimum Gasteiger partial charge on any atom is -0.507 e. The molecular weight excluding hydrogens is 422 g/mol. The number of hydrogen-bond donors (Lipinski definition) is 1. The van der Waals surface area contributed by atoms with E-state index < -0.39 is 17.7 Å². The van der Waals surface area contributed by atoms with Crippen LogP contribution >= 0.6 is 11.3 Å². The summed E-state index contributed by atoms with van der Waals surface area (Å²) in [4.78, 5) is 28.6. The number of ketones is 1. The van der Waals surface area contributed by atoms with Crippen molar-refractivity contribution in [1.82, 2.24) is 0 Å². The highest BCUT2D eigenvalue weighted by Gasteiger charge is 2.47. The van der Waals surface area contributed by atoms with Crippen molar-refractivity contribution in [2.24, 2.45) is 5.92 Å². The summed E-state index contributed by atoms with van der Waals surface area (Å²) in [5.74, 6) is -0.441. The largest absolute Gasteiger partial charge is 0.507 e. The number of aryl methyl sites for hydroxylation is 1. The first-order valence-electron chi connectivity index (χ1n) is 10.5. The quantitative estimate of drug-likeness (QED) is 0.298. The van der Waals surface area contributed by atoms with Crippen molar-refractivity contribution < 1.29 is 19.4 Å². The van der Waals surface area contributed by atoms with Crippen LogP contribution in [0.2, 0.25) is 0 Å². The molecule has 6 heteroatoms. The van der Waals surface area contributed by atoms with E-state index in [1.807, 2.05) is 36.6 Å². The molecule has 3 aromatic rings. The predicted octanol–water partition coefficient (Wildman–Crippen LogP) is 5.72. The number of carbonyl (C=O) groups is 2. The molecule has 1 saturated heterocycles. The lowest BCUT2D eigenvalue weighted by molar-refractivity contribution is -0.132. The molecule has 1 N–H and O–H groups in total. The molecule has 1 aromatic heterocycles. The summed E-state index contributed by atoms with van der Waals surface area (Å²) in [6.45, 7) is 6.67. The maximum absolute atomic E-state index is 13.1. The van der Waals surface area contributed by atoms with E-state index in [1.165, 1.54) is 16.2 Å². The average molecular weight is 448 g/mol. The van der Waals surface area contributed by atoms with E-state index in [0.29, 0.717) is 29.5 Å². The number of Topliss-reactive ketones (excluding diaryl/α,β-unsaturated/α-hetero) is 1. The zero-order valence-corrected chi connectivity index (χ0v) is 19.1. The van der Waals surface area contributed by atoms with Crippen molar-refractivity contribution >= 4 is 34.5 Å². The summed E-state index contributed by atoms with van der Waals surface area (Å²) in [6.07, 6.45) is 0. The normalized spacial score (nSPS) is 17.9. The summed E-state index contributed by atoms with van der Waals surface area (Å²) in [7, 11) is 0. The van der Waals surface area contributed by atoms with Gasteiger partial charge in [0.15, 0.2) is 0 Å². The smallest absolute Gasteiger partial charge is 0.300 e. The van der Waals surface area contributed by atoms with E-state index in [9.17, 15) is 14.7 Å². The summed E-state index contributed by atoms with van der Waals surface area (Å²) in [5.41, 5.74) is 2.14. The van der Waals surface area contributed by atoms with Gasteiger partial charge in [0.2, 0.25) is 0 Å². The van der Waals surface area contributed by atoms with E-state index in [1.54, 1.807) is 36.4 Å². The Balaban J connectivity index is 1.80. The van der Waals surface area contributed by atoms with Crippen molar-refractivity contribution in [3.8, 4) is 5.75 Å². The van der Waals surface area contributed by atoms with Crippen LogP contribution in [-0.2, 0) is 9.59 Å². The first-order valence-corrected chi connectivity index (χ1v) is 11.4. The second-order valence-electron chi connectivity index (χ2n) is 8.20. The van der Waals surface area contributed by atoms with E-state index in [0.717, 1.165) is 10.4 Å². The van der Waals surface area contributed by atoms with Gasteiger partial charge in [0, 0.05) is 16.1 Å². The lowest BCUT2D eigenvalue weighted by atomic mass is 9.98. The Labute approximate surface area is 191 Å². The van der Waals surface area contributed by atoms with Gasteiger partial charge in [-0.2, -0.15) is 0 Å². The van der Waals surface area contributed by atoms with Crippen molar-refractivity contribution in [3.05, 3.63) is 87.6 Å². The molecule has 32 heavy (non-hydrogen) atoms. The molecule has 0 bridgehead atoms. The highest BCUT2D eigenvalue weighted by Crippen LogP contribution is 2.44. The number of aliphatic hydroxyl groups is 1. The Hall–Kier alpha value is -3.38. The molecule has 164 valence electrons. The molecule has 5 nitrogen and oxygen atoms in total. The van der Waals surface area contributed by atoms with Crippen molar-refractivity contribution in [1.29, 1.82) is 0 Å². The first-order chi connectivity index (χ1) is 15.4. The van der Waals surface area contributed by atoms with Crippen LogP contribution in [0.15, 0.2) is 71.6 Å². The third kappa shape index (κ3) is 4.06. The number of aliphatic hydroxyl groups excluding tert-OH is 1. The number of para-hydroxylation sites is 1. The molecule has 1 atom stereocenters. The Bertz CT molecular complexity index is 1160. The highest BCUT2D eigenvalue weighted by molar-refractivity contribution is 7.10. The fourth-order valence-corrected chi connectivity index (χ4v) is 4.75. The van der Waals surface area contributed by atoms with E-state index in [-0.39, 0.29) is 11.3 Å². The van der Waals surface area contributed by atoms with Crippen LogP contribution in [0.25, 0.3) is 5.76 Å². The van der Waals surface area contributed by atoms with Crippen molar-refractivity contribution in [2.45, 2.75) is 26.8 Å². The molecule has 1 unspecified atom stereocenters. The van der Waals surface area contributed by atoms with Gasteiger partial charge in [0.25, 0.3) is 11.7 Å². The summed E-state index contributed by atoms with van der Waals surface area (Å²) < 4.78 is 5.71. The Morgan fingerprint density at radius 3 is 2.34 bits per heavy atom. The Kier molecular flexibility index (Phi) is 6.15. The molecule has 0 aliphatic carbocycles. The first kappa shape index (κ1) is 21.8. The number of anilines is 1. The molecule has 0 saturated carbocycles. The number of amides is 1. The van der Waals surface area contributed by atoms with Crippen LogP contribution in [0.4, 0.5) is 5.69 Å². The molecule has 2 heterocycles. The molecular formula is C26H25NO4S. The molecule has 1 aliphatic rings. The summed E-state index contributed by atoms with van der Waals surface area (Å²) >= 11 is 1.47. The van der Waals surface area contributed by atoms with E-state index in [2.05, 4.69) is 13.8 Å². The summed E-state index contributed by atoms with van der Waals surface area (Å²) in [6, 6.07) is 17.3. The van der Waals surface area contributed by atoms with Crippen molar-refractivity contribution in [3.63, 3.8) is 0 Å². The number of nitrogens with zero attached hydrogens (tertiary/aromatic N) is 1. The predicted molar refractivity (Wildman–Crippen MR) is 127 cm³/mol. The van der Waals surface area contributed by atoms with Gasteiger partial charge in [0.1, 0.15) is 17.6 Å². The van der Waals surface area contributed by atoms with Crippen LogP contribution in [0.1, 0.15) is 35.9 Å². The fraction of sp³-hybridized carbons (Fsp3) is 0.231. The standard InChI is InChI=1S/C26H25NO4S/c1-16(2)15-31-20-11-9-18(10-12-20)23(28)21-22(25-17(3)13-14-32-25)27(26(30)24(21)29)19-7-5-4-6-8-19/h4-14,16,22,28H,15H2,1-3H3/b23-21-. The zero-order valence-electron chi connectivity index (χ0n) is 18.2. The number of carbonyl (C=O) groups excluding carboxylic acids is 2. The SMILES string of the molecule is Cc1ccsc1C1/C(=C(/O)c2ccc(OCC(C)C)cc2)C(=O)C(=O)N1c1ccccc1. The topological polar surface area (TPSA) is 66.8 Å². The number of rotatable bonds is 6. The minimum absolute atomic E-state index is 0.0975. The highest BCUT2D eigenvalue weighted by atomic mass is 32.1. The average Bonchev–Trinajstić information content (AvgIpc) is 3.33. The fourth-order valence-electron chi connectivity index (χ4n) is 3.73. The zero-order chi connectivity index (χ0) is 22.8.